The number of amides is 1. The van der Waals surface area contributed by atoms with Gasteiger partial charge in [-0.25, -0.2) is 4.39 Å². The summed E-state index contributed by atoms with van der Waals surface area (Å²) in [4.78, 5) is 24.2. The molecule has 0 saturated heterocycles. The number of carboxylic acid groups (broad SMARTS) is 1. The van der Waals surface area contributed by atoms with E-state index in [4.69, 9.17) is 5.11 Å². The molecule has 0 radical (unpaired) electrons. The van der Waals surface area contributed by atoms with E-state index in [1.54, 1.807) is 6.07 Å². The van der Waals surface area contributed by atoms with Crippen LogP contribution in [0, 0.1) is 5.82 Å². The minimum Gasteiger partial charge on any atom is -0.480 e. The predicted octanol–water partition coefficient (Wildman–Crippen LogP) is 1.95. The van der Waals surface area contributed by atoms with Crippen molar-refractivity contribution in [2.24, 2.45) is 0 Å². The van der Waals surface area contributed by atoms with Crippen molar-refractivity contribution in [2.75, 3.05) is 18.4 Å². The summed E-state index contributed by atoms with van der Waals surface area (Å²) in [6.07, 6.45) is 0. The largest absolute Gasteiger partial charge is 0.480 e. The molecule has 1 aromatic carbocycles. The quantitative estimate of drug-likeness (QED) is 0.866. The van der Waals surface area contributed by atoms with Gasteiger partial charge in [0.25, 0.3) is 0 Å². The summed E-state index contributed by atoms with van der Waals surface area (Å²) in [5.41, 5.74) is -0.114. The first kappa shape index (κ1) is 16.1. The summed E-state index contributed by atoms with van der Waals surface area (Å²) in [6, 6.07) is 5.54. The van der Waals surface area contributed by atoms with Gasteiger partial charge in [-0.3, -0.25) is 14.5 Å². The number of halogens is 1. The number of aliphatic carboxylic acids is 1. The molecule has 0 aliphatic carbocycles. The SMILES string of the molecule is CC(C)(C)N(CC(=O)O)CC(=O)Nc1cccc(F)c1. The standard InChI is InChI=1S/C14H19FN2O3/c1-14(2,3)17(9-13(19)20)8-12(18)16-11-6-4-5-10(15)7-11/h4-7H,8-9H2,1-3H3,(H,16,18)(H,19,20). The molecule has 0 bridgehead atoms. The monoisotopic (exact) mass is 282 g/mol. The van der Waals surface area contributed by atoms with Gasteiger partial charge in [-0.2, -0.15) is 0 Å². The van der Waals surface area contributed by atoms with Crippen molar-refractivity contribution >= 4 is 17.6 Å². The molecule has 0 unspecified atom stereocenters. The number of hydrogen-bond donors (Lipinski definition) is 2. The Morgan fingerprint density at radius 1 is 1.30 bits per heavy atom. The molecular weight excluding hydrogens is 263 g/mol. The van der Waals surface area contributed by atoms with Crippen LogP contribution >= 0.6 is 0 Å². The van der Waals surface area contributed by atoms with Gasteiger partial charge in [-0.1, -0.05) is 6.07 Å². The van der Waals surface area contributed by atoms with Crippen molar-refractivity contribution in [1.82, 2.24) is 4.90 Å². The first-order valence-electron chi connectivity index (χ1n) is 6.21. The Morgan fingerprint density at radius 2 is 1.95 bits per heavy atom. The van der Waals surface area contributed by atoms with Gasteiger partial charge in [0.15, 0.2) is 0 Å². The highest BCUT2D eigenvalue weighted by molar-refractivity contribution is 5.92. The highest BCUT2D eigenvalue weighted by Gasteiger charge is 2.25. The van der Waals surface area contributed by atoms with Crippen LogP contribution in [0.2, 0.25) is 0 Å². The van der Waals surface area contributed by atoms with Crippen LogP contribution in [0.1, 0.15) is 20.8 Å². The fourth-order valence-electron chi connectivity index (χ4n) is 1.63. The molecule has 0 aromatic heterocycles. The molecular formula is C14H19FN2O3. The van der Waals surface area contributed by atoms with E-state index in [2.05, 4.69) is 5.32 Å². The Bertz CT molecular complexity index is 497. The summed E-state index contributed by atoms with van der Waals surface area (Å²) in [5.74, 6) is -1.83. The van der Waals surface area contributed by atoms with E-state index in [0.717, 1.165) is 0 Å². The first-order chi connectivity index (χ1) is 9.18. The Morgan fingerprint density at radius 3 is 2.45 bits per heavy atom. The molecule has 5 nitrogen and oxygen atoms in total. The zero-order valence-corrected chi connectivity index (χ0v) is 11.8. The third-order valence-electron chi connectivity index (χ3n) is 2.72. The zero-order valence-electron chi connectivity index (χ0n) is 11.8. The molecule has 20 heavy (non-hydrogen) atoms. The molecule has 110 valence electrons. The highest BCUT2D eigenvalue weighted by Crippen LogP contribution is 2.14. The minimum atomic E-state index is -1.00. The second kappa shape index (κ2) is 6.47. The maximum atomic E-state index is 13.0. The maximum Gasteiger partial charge on any atom is 0.317 e. The van der Waals surface area contributed by atoms with Crippen LogP contribution in [0.25, 0.3) is 0 Å². The van der Waals surface area contributed by atoms with E-state index >= 15 is 0 Å². The zero-order chi connectivity index (χ0) is 15.3. The van der Waals surface area contributed by atoms with Crippen molar-refractivity contribution in [3.8, 4) is 0 Å². The number of carboxylic acids is 1. The Kier molecular flexibility index (Phi) is 5.21. The number of hydrogen-bond acceptors (Lipinski definition) is 3. The van der Waals surface area contributed by atoms with Crippen molar-refractivity contribution in [1.29, 1.82) is 0 Å². The molecule has 1 aromatic rings. The molecule has 0 fully saturated rings. The van der Waals surface area contributed by atoms with Gasteiger partial charge in [0.1, 0.15) is 5.82 Å². The van der Waals surface area contributed by atoms with Crippen LogP contribution in [-0.2, 0) is 9.59 Å². The predicted molar refractivity (Wildman–Crippen MR) is 74.0 cm³/mol. The van der Waals surface area contributed by atoms with Crippen molar-refractivity contribution in [3.05, 3.63) is 30.1 Å². The lowest BCUT2D eigenvalue weighted by molar-refractivity contribution is -0.140. The van der Waals surface area contributed by atoms with Gasteiger partial charge >= 0.3 is 5.97 Å². The molecule has 6 heteroatoms. The molecule has 1 rings (SSSR count). The molecule has 0 saturated carbocycles. The van der Waals surface area contributed by atoms with Crippen LogP contribution < -0.4 is 5.32 Å². The van der Waals surface area contributed by atoms with E-state index in [0.29, 0.717) is 5.69 Å². The lowest BCUT2D eigenvalue weighted by atomic mass is 10.1. The number of nitrogens with one attached hydrogen (secondary N) is 1. The Labute approximate surface area is 117 Å². The average Bonchev–Trinajstić information content (AvgIpc) is 2.26. The second-order valence-corrected chi connectivity index (χ2v) is 5.48. The lowest BCUT2D eigenvalue weighted by Crippen LogP contribution is -2.48. The summed E-state index contributed by atoms with van der Waals surface area (Å²) < 4.78 is 13.0. The van der Waals surface area contributed by atoms with E-state index in [9.17, 15) is 14.0 Å². The number of rotatable bonds is 5. The van der Waals surface area contributed by atoms with Gasteiger partial charge in [-0.05, 0) is 39.0 Å². The van der Waals surface area contributed by atoms with E-state index in [1.807, 2.05) is 20.8 Å². The smallest absolute Gasteiger partial charge is 0.317 e. The molecule has 0 aliphatic heterocycles. The van der Waals surface area contributed by atoms with Crippen molar-refractivity contribution < 1.29 is 19.1 Å². The Hall–Kier alpha value is -1.95. The van der Waals surface area contributed by atoms with E-state index in [-0.39, 0.29) is 19.0 Å². The van der Waals surface area contributed by atoms with Crippen LogP contribution in [0.15, 0.2) is 24.3 Å². The first-order valence-corrected chi connectivity index (χ1v) is 6.21. The third-order valence-corrected chi connectivity index (χ3v) is 2.72. The molecule has 0 atom stereocenters. The summed E-state index contributed by atoms with van der Waals surface area (Å²) in [5, 5.41) is 11.4. The van der Waals surface area contributed by atoms with Crippen molar-refractivity contribution in [2.45, 2.75) is 26.3 Å². The number of benzene rings is 1. The summed E-state index contributed by atoms with van der Waals surface area (Å²) in [6.45, 7) is 5.16. The highest BCUT2D eigenvalue weighted by atomic mass is 19.1. The number of anilines is 1. The van der Waals surface area contributed by atoms with Crippen LogP contribution in [0.4, 0.5) is 10.1 Å². The van der Waals surface area contributed by atoms with Gasteiger partial charge in [-0.15, -0.1) is 0 Å². The summed E-state index contributed by atoms with van der Waals surface area (Å²) >= 11 is 0. The van der Waals surface area contributed by atoms with Crippen LogP contribution in [0.3, 0.4) is 0 Å². The fraction of sp³-hybridized carbons (Fsp3) is 0.429. The molecule has 0 spiro atoms. The third kappa shape index (κ3) is 5.36. The minimum absolute atomic E-state index is 0.0771. The normalized spacial score (nSPS) is 11.4. The lowest BCUT2D eigenvalue weighted by Gasteiger charge is -2.33. The number of carbonyl (C=O) groups is 2. The second-order valence-electron chi connectivity index (χ2n) is 5.48. The average molecular weight is 282 g/mol. The molecule has 1 amide bonds. The van der Waals surface area contributed by atoms with Gasteiger partial charge in [0.2, 0.25) is 5.91 Å². The van der Waals surface area contributed by atoms with Gasteiger partial charge < -0.3 is 10.4 Å². The van der Waals surface area contributed by atoms with Crippen molar-refractivity contribution in [3.63, 3.8) is 0 Å². The van der Waals surface area contributed by atoms with Gasteiger partial charge in [0.05, 0.1) is 13.1 Å². The topological polar surface area (TPSA) is 69.6 Å². The summed E-state index contributed by atoms with van der Waals surface area (Å²) in [7, 11) is 0. The molecule has 0 aliphatic rings. The van der Waals surface area contributed by atoms with Crippen LogP contribution in [-0.4, -0.2) is 40.5 Å². The number of nitrogens with zero attached hydrogens (tertiary/aromatic N) is 1. The molecule has 2 N–H and O–H groups in total. The number of carbonyl (C=O) groups excluding carboxylic acids is 1. The fourth-order valence-corrected chi connectivity index (χ4v) is 1.63. The molecule has 0 heterocycles. The van der Waals surface area contributed by atoms with E-state index in [1.165, 1.54) is 23.1 Å². The van der Waals surface area contributed by atoms with Gasteiger partial charge in [0, 0.05) is 11.2 Å². The maximum absolute atomic E-state index is 13.0. The van der Waals surface area contributed by atoms with Crippen LogP contribution in [0.5, 0.6) is 0 Å². The Balaban J connectivity index is 2.69. The van der Waals surface area contributed by atoms with E-state index < -0.39 is 17.3 Å².